The van der Waals surface area contributed by atoms with Gasteiger partial charge in [0.25, 0.3) is 0 Å². The van der Waals surface area contributed by atoms with Crippen LogP contribution in [-0.2, 0) is 0 Å². The second-order valence-electron chi connectivity index (χ2n) is 4.06. The lowest BCUT2D eigenvalue weighted by molar-refractivity contribution is 0.223. The van der Waals surface area contributed by atoms with Crippen molar-refractivity contribution in [1.29, 1.82) is 0 Å². The van der Waals surface area contributed by atoms with E-state index in [4.69, 9.17) is 0 Å². The third-order valence-electron chi connectivity index (χ3n) is 2.91. The van der Waals surface area contributed by atoms with Crippen LogP contribution in [0.3, 0.4) is 0 Å². The summed E-state index contributed by atoms with van der Waals surface area (Å²) >= 11 is 0. The maximum absolute atomic E-state index is 4.40. The van der Waals surface area contributed by atoms with Crippen LogP contribution >= 0.6 is 0 Å². The van der Waals surface area contributed by atoms with Crippen molar-refractivity contribution in [3.63, 3.8) is 0 Å². The molecule has 0 radical (unpaired) electrons. The second kappa shape index (κ2) is 7.07. The van der Waals surface area contributed by atoms with Crippen LogP contribution in [0.4, 0.5) is 0 Å². The Balaban J connectivity index is 2.75. The number of aliphatic imine (C=N–C) groups is 1. The molecule has 0 saturated heterocycles. The van der Waals surface area contributed by atoms with Gasteiger partial charge in [0.1, 0.15) is 5.84 Å². The van der Waals surface area contributed by atoms with Gasteiger partial charge in [-0.1, -0.05) is 44.2 Å². The van der Waals surface area contributed by atoms with E-state index in [2.05, 4.69) is 47.8 Å². The number of hydrogen-bond acceptors (Lipinski definition) is 2. The number of nitrogens with zero attached hydrogens (tertiary/aromatic N) is 3. The molecule has 0 spiro atoms. The molecule has 0 unspecified atom stereocenters. The lowest BCUT2D eigenvalue weighted by atomic mass is 10.2. The van der Waals surface area contributed by atoms with E-state index in [0.717, 1.165) is 25.6 Å². The first-order valence-electron chi connectivity index (χ1n) is 6.18. The van der Waals surface area contributed by atoms with Crippen molar-refractivity contribution < 1.29 is 0 Å². The molecule has 0 bridgehead atoms. The van der Waals surface area contributed by atoms with Gasteiger partial charge in [-0.05, 0) is 13.1 Å². The van der Waals surface area contributed by atoms with Gasteiger partial charge in [0.05, 0.1) is 6.67 Å². The number of amidine groups is 1. The Morgan fingerprint density at radius 1 is 1.12 bits per heavy atom. The van der Waals surface area contributed by atoms with Gasteiger partial charge in [0.2, 0.25) is 0 Å². The Bertz CT molecular complexity index is 342. The lowest BCUT2D eigenvalue weighted by Gasteiger charge is -2.28. The van der Waals surface area contributed by atoms with Gasteiger partial charge in [-0.2, -0.15) is 0 Å². The molecule has 0 heterocycles. The van der Waals surface area contributed by atoms with Crippen LogP contribution in [0.2, 0.25) is 0 Å². The minimum absolute atomic E-state index is 0.911. The molecule has 0 aliphatic rings. The van der Waals surface area contributed by atoms with E-state index >= 15 is 0 Å². The molecule has 17 heavy (non-hydrogen) atoms. The molecule has 0 amide bonds. The molecule has 0 fully saturated rings. The van der Waals surface area contributed by atoms with Gasteiger partial charge in [0.15, 0.2) is 0 Å². The zero-order valence-corrected chi connectivity index (χ0v) is 11.3. The fraction of sp³-hybridized carbons (Fsp3) is 0.500. The SMILES string of the molecule is CCN(CC)CN(C)C(=NC)c1ccccc1. The van der Waals surface area contributed by atoms with E-state index in [-0.39, 0.29) is 0 Å². The smallest absolute Gasteiger partial charge is 0.131 e. The summed E-state index contributed by atoms with van der Waals surface area (Å²) in [5.41, 5.74) is 1.17. The maximum Gasteiger partial charge on any atom is 0.131 e. The summed E-state index contributed by atoms with van der Waals surface area (Å²) < 4.78 is 0. The van der Waals surface area contributed by atoms with Gasteiger partial charge in [-0.3, -0.25) is 9.89 Å². The number of benzene rings is 1. The van der Waals surface area contributed by atoms with Gasteiger partial charge in [-0.15, -0.1) is 0 Å². The molecule has 0 aromatic heterocycles. The Hall–Kier alpha value is -1.35. The molecule has 0 aliphatic carbocycles. The summed E-state index contributed by atoms with van der Waals surface area (Å²) in [6.07, 6.45) is 0. The minimum atomic E-state index is 0.911. The van der Waals surface area contributed by atoms with Crippen molar-refractivity contribution in [2.75, 3.05) is 33.9 Å². The Kier molecular flexibility index (Phi) is 5.70. The molecule has 0 N–H and O–H groups in total. The molecule has 1 aromatic carbocycles. The summed E-state index contributed by atoms with van der Waals surface area (Å²) in [7, 11) is 3.94. The van der Waals surface area contributed by atoms with Crippen LogP contribution in [0.1, 0.15) is 19.4 Å². The Morgan fingerprint density at radius 3 is 2.18 bits per heavy atom. The predicted octanol–water partition coefficient (Wildman–Crippen LogP) is 2.29. The zero-order chi connectivity index (χ0) is 12.7. The van der Waals surface area contributed by atoms with Crippen molar-refractivity contribution in [1.82, 2.24) is 9.80 Å². The quantitative estimate of drug-likeness (QED) is 0.441. The van der Waals surface area contributed by atoms with Gasteiger partial charge >= 0.3 is 0 Å². The number of hydrogen-bond donors (Lipinski definition) is 0. The minimum Gasteiger partial charge on any atom is -0.346 e. The van der Waals surface area contributed by atoms with Gasteiger partial charge in [-0.25, -0.2) is 0 Å². The van der Waals surface area contributed by atoms with E-state index in [1.54, 1.807) is 0 Å². The molecule has 94 valence electrons. The monoisotopic (exact) mass is 233 g/mol. The van der Waals surface area contributed by atoms with Crippen LogP contribution in [0, 0.1) is 0 Å². The first kappa shape index (κ1) is 13.7. The molecule has 0 atom stereocenters. The molecular weight excluding hydrogens is 210 g/mol. The Labute approximate surface area is 105 Å². The summed E-state index contributed by atoms with van der Waals surface area (Å²) in [6, 6.07) is 10.3. The molecule has 3 heteroatoms. The normalized spacial score (nSPS) is 11.9. The van der Waals surface area contributed by atoms with Crippen LogP contribution in [0.25, 0.3) is 0 Å². The molecule has 1 aromatic rings. The lowest BCUT2D eigenvalue weighted by Crippen LogP contribution is -2.39. The standard InChI is InChI=1S/C14H23N3/c1-5-17(6-2)12-16(4)14(15-3)13-10-8-7-9-11-13/h7-11H,5-6,12H2,1-4H3. The van der Waals surface area contributed by atoms with Crippen LogP contribution in [0.15, 0.2) is 35.3 Å². The topological polar surface area (TPSA) is 18.8 Å². The number of rotatable bonds is 5. The molecular formula is C14H23N3. The van der Waals surface area contributed by atoms with Crippen LogP contribution in [0.5, 0.6) is 0 Å². The summed E-state index contributed by atoms with van der Waals surface area (Å²) in [4.78, 5) is 8.96. The summed E-state index contributed by atoms with van der Waals surface area (Å²) in [6.45, 7) is 7.40. The molecule has 3 nitrogen and oxygen atoms in total. The summed E-state index contributed by atoms with van der Waals surface area (Å²) in [5, 5.41) is 0. The molecule has 1 rings (SSSR count). The van der Waals surface area contributed by atoms with Gasteiger partial charge in [0, 0.05) is 19.7 Å². The van der Waals surface area contributed by atoms with Crippen molar-refractivity contribution in [3.05, 3.63) is 35.9 Å². The van der Waals surface area contributed by atoms with E-state index in [1.165, 1.54) is 5.56 Å². The maximum atomic E-state index is 4.40. The first-order chi connectivity index (χ1) is 8.22. The van der Waals surface area contributed by atoms with Gasteiger partial charge < -0.3 is 4.90 Å². The molecule has 0 saturated carbocycles. The average molecular weight is 233 g/mol. The fourth-order valence-corrected chi connectivity index (χ4v) is 1.90. The van der Waals surface area contributed by atoms with Crippen molar-refractivity contribution in [2.45, 2.75) is 13.8 Å². The van der Waals surface area contributed by atoms with E-state index in [1.807, 2.05) is 25.2 Å². The van der Waals surface area contributed by atoms with Crippen LogP contribution < -0.4 is 0 Å². The highest BCUT2D eigenvalue weighted by Crippen LogP contribution is 2.05. The fourth-order valence-electron chi connectivity index (χ4n) is 1.90. The van der Waals surface area contributed by atoms with Crippen molar-refractivity contribution >= 4 is 5.84 Å². The van der Waals surface area contributed by atoms with Crippen molar-refractivity contribution in [3.8, 4) is 0 Å². The zero-order valence-electron chi connectivity index (χ0n) is 11.3. The largest absolute Gasteiger partial charge is 0.346 e. The van der Waals surface area contributed by atoms with E-state index in [9.17, 15) is 0 Å². The third kappa shape index (κ3) is 3.86. The highest BCUT2D eigenvalue weighted by molar-refractivity contribution is 5.98. The second-order valence-corrected chi connectivity index (χ2v) is 4.06. The third-order valence-corrected chi connectivity index (χ3v) is 2.91. The Morgan fingerprint density at radius 2 is 1.71 bits per heavy atom. The van der Waals surface area contributed by atoms with Crippen LogP contribution in [-0.4, -0.2) is 49.5 Å². The van der Waals surface area contributed by atoms with E-state index in [0.29, 0.717) is 0 Å². The van der Waals surface area contributed by atoms with Crippen molar-refractivity contribution in [2.24, 2.45) is 4.99 Å². The first-order valence-corrected chi connectivity index (χ1v) is 6.18. The molecule has 0 aliphatic heterocycles. The highest BCUT2D eigenvalue weighted by atomic mass is 15.3. The van der Waals surface area contributed by atoms with E-state index < -0.39 is 0 Å². The summed E-state index contributed by atoms with van der Waals surface area (Å²) in [5.74, 6) is 1.04. The predicted molar refractivity (Wildman–Crippen MR) is 74.5 cm³/mol. The average Bonchev–Trinajstić information content (AvgIpc) is 2.38. The highest BCUT2D eigenvalue weighted by Gasteiger charge is 2.10.